The molecule has 1 rings (SSSR count). The molecule has 0 radical (unpaired) electrons. The first-order valence-electron chi connectivity index (χ1n) is 4.79. The van der Waals surface area contributed by atoms with E-state index < -0.39 is 0 Å². The van der Waals surface area contributed by atoms with Crippen molar-refractivity contribution in [3.8, 4) is 0 Å². The smallest absolute Gasteiger partial charge is 0.00463 e. The second-order valence-corrected chi connectivity index (χ2v) is 3.29. The van der Waals surface area contributed by atoms with Crippen molar-refractivity contribution in [3.63, 3.8) is 0 Å². The van der Waals surface area contributed by atoms with Crippen LogP contribution >= 0.6 is 0 Å². The minimum atomic E-state index is 0.957. The van der Waals surface area contributed by atoms with E-state index in [-0.39, 0.29) is 0 Å². The zero-order chi connectivity index (χ0) is 7.94. The highest BCUT2D eigenvalue weighted by Crippen LogP contribution is 2.20. The molecule has 1 nitrogen and oxygen atoms in total. The summed E-state index contributed by atoms with van der Waals surface area (Å²) in [6.45, 7) is 4.48. The van der Waals surface area contributed by atoms with Crippen LogP contribution in [-0.4, -0.2) is 13.1 Å². The summed E-state index contributed by atoms with van der Waals surface area (Å²) >= 11 is 0. The van der Waals surface area contributed by atoms with Gasteiger partial charge in [0.25, 0.3) is 0 Å². The summed E-state index contributed by atoms with van der Waals surface area (Å²) in [7, 11) is 0. The predicted octanol–water partition coefficient (Wildman–Crippen LogP) is 2.34. The van der Waals surface area contributed by atoms with Crippen molar-refractivity contribution in [2.45, 2.75) is 32.6 Å². The van der Waals surface area contributed by atoms with E-state index in [9.17, 15) is 0 Å². The molecule has 0 fully saturated rings. The van der Waals surface area contributed by atoms with Gasteiger partial charge in [-0.2, -0.15) is 0 Å². The van der Waals surface area contributed by atoms with Crippen molar-refractivity contribution in [2.24, 2.45) is 5.92 Å². The third-order valence-corrected chi connectivity index (χ3v) is 2.36. The Balaban J connectivity index is 2.02. The lowest BCUT2D eigenvalue weighted by atomic mass is 9.91. The molecule has 11 heavy (non-hydrogen) atoms. The molecule has 0 amide bonds. The molecular weight excluding hydrogens is 134 g/mol. The van der Waals surface area contributed by atoms with Crippen LogP contribution < -0.4 is 5.32 Å². The Morgan fingerprint density at radius 3 is 3.00 bits per heavy atom. The number of hydrogen-bond donors (Lipinski definition) is 1. The molecule has 1 atom stereocenters. The summed E-state index contributed by atoms with van der Waals surface area (Å²) in [5.74, 6) is 0.957. The molecule has 0 aromatic carbocycles. The summed E-state index contributed by atoms with van der Waals surface area (Å²) < 4.78 is 0. The van der Waals surface area contributed by atoms with Gasteiger partial charge in [-0.3, -0.25) is 0 Å². The van der Waals surface area contributed by atoms with Gasteiger partial charge in [-0.15, -0.1) is 0 Å². The Bertz CT molecular complexity index is 118. The van der Waals surface area contributed by atoms with Gasteiger partial charge in [0.1, 0.15) is 0 Å². The largest absolute Gasteiger partial charge is 0.317 e. The second-order valence-electron chi connectivity index (χ2n) is 3.29. The van der Waals surface area contributed by atoms with E-state index in [1.165, 1.54) is 32.2 Å². The fourth-order valence-corrected chi connectivity index (χ4v) is 1.60. The minimum absolute atomic E-state index is 0.957. The maximum atomic E-state index is 3.37. The Hall–Kier alpha value is -0.300. The maximum absolute atomic E-state index is 3.37. The molecule has 1 N–H and O–H groups in total. The molecule has 0 aromatic rings. The lowest BCUT2D eigenvalue weighted by Gasteiger charge is -2.17. The number of hydrogen-bond acceptors (Lipinski definition) is 1. The van der Waals surface area contributed by atoms with E-state index in [2.05, 4.69) is 24.4 Å². The summed E-state index contributed by atoms with van der Waals surface area (Å²) in [5, 5.41) is 3.37. The molecule has 0 aromatic heterocycles. The summed E-state index contributed by atoms with van der Waals surface area (Å²) in [4.78, 5) is 0. The fraction of sp³-hybridized carbons (Fsp3) is 0.800. The van der Waals surface area contributed by atoms with Gasteiger partial charge >= 0.3 is 0 Å². The normalized spacial score (nSPS) is 23.9. The maximum Gasteiger partial charge on any atom is -0.00463 e. The molecule has 1 unspecified atom stereocenters. The number of rotatable bonds is 4. The van der Waals surface area contributed by atoms with Gasteiger partial charge < -0.3 is 5.32 Å². The molecule has 0 saturated carbocycles. The van der Waals surface area contributed by atoms with Gasteiger partial charge in [-0.05, 0) is 44.7 Å². The van der Waals surface area contributed by atoms with E-state index in [0.717, 1.165) is 12.5 Å². The lowest BCUT2D eigenvalue weighted by Crippen LogP contribution is -2.17. The first kappa shape index (κ1) is 8.79. The van der Waals surface area contributed by atoms with Crippen molar-refractivity contribution in [2.75, 3.05) is 13.1 Å². The molecule has 0 saturated heterocycles. The third kappa shape index (κ3) is 3.57. The molecule has 64 valence electrons. The van der Waals surface area contributed by atoms with E-state index >= 15 is 0 Å². The predicted molar refractivity (Wildman–Crippen MR) is 49.6 cm³/mol. The van der Waals surface area contributed by atoms with Gasteiger partial charge in [0.15, 0.2) is 0 Å². The molecule has 1 heteroatoms. The van der Waals surface area contributed by atoms with Crippen LogP contribution in [0.25, 0.3) is 0 Å². The molecular formula is C10H19N. The van der Waals surface area contributed by atoms with Gasteiger partial charge in [-0.1, -0.05) is 19.1 Å². The van der Waals surface area contributed by atoms with E-state index in [1.54, 1.807) is 0 Å². The van der Waals surface area contributed by atoms with Gasteiger partial charge in [0.05, 0.1) is 0 Å². The van der Waals surface area contributed by atoms with Crippen LogP contribution in [0.4, 0.5) is 0 Å². The lowest BCUT2D eigenvalue weighted by molar-refractivity contribution is 0.433. The van der Waals surface area contributed by atoms with Gasteiger partial charge in [0, 0.05) is 0 Å². The SMILES string of the molecule is CCNCCC1CC=CCC1. The summed E-state index contributed by atoms with van der Waals surface area (Å²) in [6, 6.07) is 0. The zero-order valence-electron chi connectivity index (χ0n) is 7.47. The van der Waals surface area contributed by atoms with Crippen molar-refractivity contribution < 1.29 is 0 Å². The molecule has 0 spiro atoms. The standard InChI is InChI=1S/C10H19N/c1-2-11-9-8-10-6-4-3-5-7-10/h3-4,10-11H,2,5-9H2,1H3. The van der Waals surface area contributed by atoms with Crippen LogP contribution in [0.15, 0.2) is 12.2 Å². The summed E-state index contributed by atoms with van der Waals surface area (Å²) in [6.07, 6.45) is 10.0. The molecule has 1 aliphatic rings. The fourth-order valence-electron chi connectivity index (χ4n) is 1.60. The van der Waals surface area contributed by atoms with Crippen LogP contribution in [0.2, 0.25) is 0 Å². The van der Waals surface area contributed by atoms with Crippen LogP contribution in [-0.2, 0) is 0 Å². The molecule has 1 aliphatic carbocycles. The molecule has 0 bridgehead atoms. The Morgan fingerprint density at radius 2 is 2.36 bits per heavy atom. The van der Waals surface area contributed by atoms with Gasteiger partial charge in [-0.25, -0.2) is 0 Å². The van der Waals surface area contributed by atoms with Crippen LogP contribution in [0.5, 0.6) is 0 Å². The first-order valence-corrected chi connectivity index (χ1v) is 4.79. The van der Waals surface area contributed by atoms with Crippen molar-refractivity contribution in [1.82, 2.24) is 5.32 Å². The Labute approximate surface area is 69.9 Å². The zero-order valence-corrected chi connectivity index (χ0v) is 7.47. The minimum Gasteiger partial charge on any atom is -0.317 e. The molecule has 0 heterocycles. The topological polar surface area (TPSA) is 12.0 Å². The highest BCUT2D eigenvalue weighted by Gasteiger charge is 2.07. The Morgan fingerprint density at radius 1 is 1.45 bits per heavy atom. The summed E-state index contributed by atoms with van der Waals surface area (Å²) in [5.41, 5.74) is 0. The monoisotopic (exact) mass is 153 g/mol. The van der Waals surface area contributed by atoms with Gasteiger partial charge in [0.2, 0.25) is 0 Å². The highest BCUT2D eigenvalue weighted by molar-refractivity contribution is 4.89. The number of allylic oxidation sites excluding steroid dienone is 2. The third-order valence-electron chi connectivity index (χ3n) is 2.36. The van der Waals surface area contributed by atoms with Crippen LogP contribution in [0, 0.1) is 5.92 Å². The molecule has 0 aliphatic heterocycles. The van der Waals surface area contributed by atoms with E-state index in [0.29, 0.717) is 0 Å². The highest BCUT2D eigenvalue weighted by atomic mass is 14.8. The van der Waals surface area contributed by atoms with Crippen molar-refractivity contribution in [3.05, 3.63) is 12.2 Å². The van der Waals surface area contributed by atoms with Crippen molar-refractivity contribution >= 4 is 0 Å². The van der Waals surface area contributed by atoms with E-state index in [1.807, 2.05) is 0 Å². The van der Waals surface area contributed by atoms with Crippen molar-refractivity contribution in [1.29, 1.82) is 0 Å². The number of nitrogens with one attached hydrogen (secondary N) is 1. The van der Waals surface area contributed by atoms with Crippen LogP contribution in [0.1, 0.15) is 32.6 Å². The van der Waals surface area contributed by atoms with E-state index in [4.69, 9.17) is 0 Å². The quantitative estimate of drug-likeness (QED) is 0.483. The average Bonchev–Trinajstić information content (AvgIpc) is 2.07. The first-order chi connectivity index (χ1) is 5.43. The second kappa shape index (κ2) is 5.36. The Kier molecular flexibility index (Phi) is 4.29. The average molecular weight is 153 g/mol. The van der Waals surface area contributed by atoms with Crippen LogP contribution in [0.3, 0.4) is 0 Å².